The fraction of sp³-hybridized carbons (Fsp3) is 0.600. The molecule has 2 N–H and O–H groups in total. The third kappa shape index (κ3) is 4.20. The molecule has 0 aromatic heterocycles. The average molecular weight is 292 g/mol. The Bertz CT molecular complexity index is 468. The molecule has 21 heavy (non-hydrogen) atoms. The van der Waals surface area contributed by atoms with Gasteiger partial charge in [-0.15, -0.1) is 0 Å². The van der Waals surface area contributed by atoms with Gasteiger partial charge in [0.05, 0.1) is 7.11 Å². The van der Waals surface area contributed by atoms with Crippen molar-refractivity contribution in [3.8, 4) is 5.75 Å². The smallest absolute Gasteiger partial charge is 0.492 e. The molecular weight excluding hydrogens is 267 g/mol. The summed E-state index contributed by atoms with van der Waals surface area (Å²) in [5.74, 6) is 0.513. The predicted octanol–water partition coefficient (Wildman–Crippen LogP) is -0.0990. The maximum atomic E-state index is 9.44. The lowest BCUT2D eigenvalue weighted by Crippen LogP contribution is -2.44. The van der Waals surface area contributed by atoms with Gasteiger partial charge in [0.1, 0.15) is 5.75 Å². The van der Waals surface area contributed by atoms with E-state index in [9.17, 15) is 10.0 Å². The van der Waals surface area contributed by atoms with E-state index in [0.717, 1.165) is 25.2 Å². The molecular formula is C15H25BN2O3. The van der Waals surface area contributed by atoms with Gasteiger partial charge in [-0.05, 0) is 45.1 Å². The number of methoxy groups -OCH3 is 1. The third-order valence-electron chi connectivity index (χ3n) is 4.19. The lowest BCUT2D eigenvalue weighted by molar-refractivity contribution is 0.128. The van der Waals surface area contributed by atoms with E-state index in [0.29, 0.717) is 17.3 Å². The molecule has 0 bridgehead atoms. The molecule has 1 aromatic carbocycles. The van der Waals surface area contributed by atoms with Crippen LogP contribution in [0.5, 0.6) is 5.75 Å². The van der Waals surface area contributed by atoms with Crippen molar-refractivity contribution in [2.75, 3.05) is 34.3 Å². The normalized spacial score (nSPS) is 19.8. The number of hydrogen-bond donors (Lipinski definition) is 2. The Morgan fingerprint density at radius 1 is 1.38 bits per heavy atom. The first-order valence-electron chi connectivity index (χ1n) is 7.43. The van der Waals surface area contributed by atoms with E-state index in [1.54, 1.807) is 6.07 Å². The first kappa shape index (κ1) is 16.3. The molecule has 2 rings (SSSR count). The van der Waals surface area contributed by atoms with Gasteiger partial charge in [-0.3, -0.25) is 4.90 Å². The van der Waals surface area contributed by atoms with Crippen LogP contribution in [-0.4, -0.2) is 67.3 Å². The molecule has 1 aliphatic rings. The van der Waals surface area contributed by atoms with Crippen LogP contribution in [0.2, 0.25) is 0 Å². The summed E-state index contributed by atoms with van der Waals surface area (Å²) in [4.78, 5) is 4.70. The molecule has 0 aliphatic carbocycles. The van der Waals surface area contributed by atoms with Crippen LogP contribution >= 0.6 is 0 Å². The van der Waals surface area contributed by atoms with Crippen LogP contribution < -0.4 is 10.2 Å². The van der Waals surface area contributed by atoms with Gasteiger partial charge in [-0.1, -0.05) is 12.1 Å². The first-order valence-corrected chi connectivity index (χ1v) is 7.43. The molecule has 1 aliphatic heterocycles. The quantitative estimate of drug-likeness (QED) is 0.742. The maximum Gasteiger partial charge on any atom is 0.492 e. The molecule has 116 valence electrons. The van der Waals surface area contributed by atoms with Crippen LogP contribution in [-0.2, 0) is 6.54 Å². The van der Waals surface area contributed by atoms with Crippen LogP contribution in [0.1, 0.15) is 18.4 Å². The number of likely N-dealkylation sites (tertiary alicyclic amines) is 1. The van der Waals surface area contributed by atoms with Crippen molar-refractivity contribution in [3.63, 3.8) is 0 Å². The molecule has 1 aromatic rings. The minimum absolute atomic E-state index is 0.427. The Kier molecular flexibility index (Phi) is 5.64. The summed E-state index contributed by atoms with van der Waals surface area (Å²) in [6.07, 6.45) is 2.45. The fourth-order valence-corrected chi connectivity index (χ4v) is 2.94. The van der Waals surface area contributed by atoms with Crippen LogP contribution in [0.4, 0.5) is 0 Å². The highest BCUT2D eigenvalue weighted by atomic mass is 16.5. The molecule has 1 fully saturated rings. The van der Waals surface area contributed by atoms with Gasteiger partial charge in [0.25, 0.3) is 0 Å². The topological polar surface area (TPSA) is 56.2 Å². The Morgan fingerprint density at radius 3 is 2.76 bits per heavy atom. The molecule has 6 heteroatoms. The van der Waals surface area contributed by atoms with Crippen LogP contribution in [0, 0.1) is 0 Å². The van der Waals surface area contributed by atoms with Crippen molar-refractivity contribution in [3.05, 3.63) is 23.8 Å². The molecule has 1 heterocycles. The second-order valence-electron chi connectivity index (χ2n) is 5.94. The highest BCUT2D eigenvalue weighted by Crippen LogP contribution is 2.17. The van der Waals surface area contributed by atoms with E-state index in [4.69, 9.17) is 4.74 Å². The van der Waals surface area contributed by atoms with Crippen LogP contribution in [0.15, 0.2) is 18.2 Å². The number of ether oxygens (including phenoxy) is 1. The second kappa shape index (κ2) is 7.27. The highest BCUT2D eigenvalue weighted by molar-refractivity contribution is 6.59. The standard InChI is InChI=1S/C15H25BN2O3/c1-17(2)13-5-4-8-18(11-13)10-12-6-7-15(21-3)14(9-12)16(19)20/h6-7,9,13,19-20H,4-5,8,10-11H2,1-3H3. The summed E-state index contributed by atoms with van der Waals surface area (Å²) >= 11 is 0. The zero-order valence-corrected chi connectivity index (χ0v) is 13.1. The molecule has 1 atom stereocenters. The molecule has 1 saturated heterocycles. The Balaban J connectivity index is 2.07. The van der Waals surface area contributed by atoms with Crippen LogP contribution in [0.25, 0.3) is 0 Å². The van der Waals surface area contributed by atoms with E-state index in [1.165, 1.54) is 20.0 Å². The zero-order valence-electron chi connectivity index (χ0n) is 13.1. The van der Waals surface area contributed by atoms with Crippen molar-refractivity contribution in [1.29, 1.82) is 0 Å². The lowest BCUT2D eigenvalue weighted by Gasteiger charge is -2.36. The van der Waals surface area contributed by atoms with Gasteiger partial charge in [0, 0.05) is 24.6 Å². The summed E-state index contributed by atoms with van der Waals surface area (Å²) in [5.41, 5.74) is 1.51. The monoisotopic (exact) mass is 292 g/mol. The summed E-state index contributed by atoms with van der Waals surface area (Å²) < 4.78 is 5.16. The first-order chi connectivity index (χ1) is 10.0. The van der Waals surface area contributed by atoms with Crippen LogP contribution in [0.3, 0.4) is 0 Å². The second-order valence-corrected chi connectivity index (χ2v) is 5.94. The molecule has 0 amide bonds. The predicted molar refractivity (Wildman–Crippen MR) is 84.8 cm³/mol. The van der Waals surface area contributed by atoms with E-state index < -0.39 is 7.12 Å². The SMILES string of the molecule is COc1ccc(CN2CCCC(N(C)C)C2)cc1B(O)O. The van der Waals surface area contributed by atoms with E-state index >= 15 is 0 Å². The minimum atomic E-state index is -1.50. The van der Waals surface area contributed by atoms with Crippen molar-refractivity contribution in [1.82, 2.24) is 9.80 Å². The largest absolute Gasteiger partial charge is 0.497 e. The third-order valence-corrected chi connectivity index (χ3v) is 4.19. The van der Waals surface area contributed by atoms with Crippen molar-refractivity contribution >= 4 is 12.6 Å². The summed E-state index contributed by atoms with van der Waals surface area (Å²) in [6, 6.07) is 6.21. The molecule has 1 unspecified atom stereocenters. The molecule has 0 saturated carbocycles. The Hall–Kier alpha value is -1.08. The highest BCUT2D eigenvalue weighted by Gasteiger charge is 2.22. The summed E-state index contributed by atoms with van der Waals surface area (Å²) in [6.45, 7) is 2.97. The zero-order chi connectivity index (χ0) is 15.4. The lowest BCUT2D eigenvalue weighted by atomic mass is 9.78. The van der Waals surface area contributed by atoms with Gasteiger partial charge < -0.3 is 19.7 Å². The minimum Gasteiger partial charge on any atom is -0.497 e. The number of benzene rings is 1. The number of hydrogen-bond acceptors (Lipinski definition) is 5. The number of nitrogens with zero attached hydrogens (tertiary/aromatic N) is 2. The van der Waals surface area contributed by atoms with Crippen molar-refractivity contribution in [2.45, 2.75) is 25.4 Å². The average Bonchev–Trinajstić information content (AvgIpc) is 2.47. The Morgan fingerprint density at radius 2 is 2.14 bits per heavy atom. The summed E-state index contributed by atoms with van der Waals surface area (Å²) in [7, 11) is 4.28. The van der Waals surface area contributed by atoms with Gasteiger partial charge in [0.15, 0.2) is 0 Å². The maximum absolute atomic E-state index is 9.44. The molecule has 0 spiro atoms. The number of likely N-dealkylation sites (N-methyl/N-ethyl adjacent to an activating group) is 1. The number of piperidine rings is 1. The van der Waals surface area contributed by atoms with Crippen molar-refractivity contribution < 1.29 is 14.8 Å². The van der Waals surface area contributed by atoms with E-state index in [2.05, 4.69) is 23.9 Å². The van der Waals surface area contributed by atoms with E-state index in [-0.39, 0.29) is 0 Å². The fourth-order valence-electron chi connectivity index (χ4n) is 2.94. The Labute approximate surface area is 127 Å². The number of rotatable bonds is 5. The van der Waals surface area contributed by atoms with E-state index in [1.807, 2.05) is 12.1 Å². The van der Waals surface area contributed by atoms with Gasteiger partial charge >= 0.3 is 7.12 Å². The van der Waals surface area contributed by atoms with Gasteiger partial charge in [0.2, 0.25) is 0 Å². The molecule has 0 radical (unpaired) electrons. The summed E-state index contributed by atoms with van der Waals surface area (Å²) in [5, 5.41) is 18.9. The van der Waals surface area contributed by atoms with Gasteiger partial charge in [-0.25, -0.2) is 0 Å². The van der Waals surface area contributed by atoms with Crippen molar-refractivity contribution in [2.24, 2.45) is 0 Å². The molecule has 5 nitrogen and oxygen atoms in total. The van der Waals surface area contributed by atoms with Gasteiger partial charge in [-0.2, -0.15) is 0 Å².